The minimum absolute atomic E-state index is 0.545. The van der Waals surface area contributed by atoms with Gasteiger partial charge in [-0.15, -0.1) is 0 Å². The third-order valence-corrected chi connectivity index (χ3v) is 4.40. The lowest BCUT2D eigenvalue weighted by Gasteiger charge is -1.98. The van der Waals surface area contributed by atoms with Gasteiger partial charge in [0.15, 0.2) is 5.82 Å². The fourth-order valence-corrected chi connectivity index (χ4v) is 3.07. The second-order valence-corrected chi connectivity index (χ2v) is 5.76. The van der Waals surface area contributed by atoms with Crippen LogP contribution in [0.5, 0.6) is 0 Å². The SMILES string of the molecule is Clc1cccnc1SCc1noc(-c2ccsc2)n1. The predicted molar refractivity (Wildman–Crippen MR) is 76.4 cm³/mol. The summed E-state index contributed by atoms with van der Waals surface area (Å²) >= 11 is 9.11. The molecule has 0 saturated heterocycles. The first-order chi connectivity index (χ1) is 9.33. The second kappa shape index (κ2) is 5.73. The number of hydrogen-bond donors (Lipinski definition) is 0. The third kappa shape index (κ3) is 2.97. The van der Waals surface area contributed by atoms with Gasteiger partial charge in [-0.1, -0.05) is 28.5 Å². The van der Waals surface area contributed by atoms with Crippen LogP contribution in [0.25, 0.3) is 11.5 Å². The maximum Gasteiger partial charge on any atom is 0.258 e. The molecule has 0 unspecified atom stereocenters. The lowest BCUT2D eigenvalue weighted by atomic mass is 10.3. The molecule has 7 heteroatoms. The Morgan fingerprint density at radius 1 is 1.37 bits per heavy atom. The average Bonchev–Trinajstić information content (AvgIpc) is 3.09. The van der Waals surface area contributed by atoms with Crippen LogP contribution in [0.15, 0.2) is 44.7 Å². The van der Waals surface area contributed by atoms with Gasteiger partial charge in [-0.05, 0) is 23.6 Å². The van der Waals surface area contributed by atoms with Crippen molar-refractivity contribution in [1.82, 2.24) is 15.1 Å². The molecule has 0 aliphatic carbocycles. The van der Waals surface area contributed by atoms with Gasteiger partial charge >= 0.3 is 0 Å². The Hall–Kier alpha value is -1.37. The highest BCUT2D eigenvalue weighted by Crippen LogP contribution is 2.27. The van der Waals surface area contributed by atoms with Crippen LogP contribution in [-0.4, -0.2) is 15.1 Å². The Balaban J connectivity index is 1.70. The monoisotopic (exact) mass is 309 g/mol. The Kier molecular flexibility index (Phi) is 3.82. The van der Waals surface area contributed by atoms with E-state index in [1.807, 2.05) is 22.9 Å². The van der Waals surface area contributed by atoms with Gasteiger partial charge in [0.1, 0.15) is 5.03 Å². The van der Waals surface area contributed by atoms with Gasteiger partial charge in [-0.3, -0.25) is 0 Å². The summed E-state index contributed by atoms with van der Waals surface area (Å²) < 4.78 is 5.21. The lowest BCUT2D eigenvalue weighted by Crippen LogP contribution is -1.86. The molecule has 0 aliphatic rings. The van der Waals surface area contributed by atoms with E-state index < -0.39 is 0 Å². The molecule has 3 aromatic heterocycles. The summed E-state index contributed by atoms with van der Waals surface area (Å²) in [6.07, 6.45) is 1.71. The Morgan fingerprint density at radius 3 is 3.11 bits per heavy atom. The van der Waals surface area contributed by atoms with Crippen molar-refractivity contribution in [1.29, 1.82) is 0 Å². The smallest absolute Gasteiger partial charge is 0.258 e. The first-order valence-electron chi connectivity index (χ1n) is 5.41. The number of aromatic nitrogens is 3. The fraction of sp³-hybridized carbons (Fsp3) is 0.0833. The zero-order valence-corrected chi connectivity index (χ0v) is 12.0. The number of hydrogen-bond acceptors (Lipinski definition) is 6. The van der Waals surface area contributed by atoms with E-state index in [4.69, 9.17) is 16.1 Å². The summed E-state index contributed by atoms with van der Waals surface area (Å²) in [7, 11) is 0. The summed E-state index contributed by atoms with van der Waals surface area (Å²) in [6, 6.07) is 5.56. The molecule has 0 aliphatic heterocycles. The summed E-state index contributed by atoms with van der Waals surface area (Å²) in [5.74, 6) is 1.75. The highest BCUT2D eigenvalue weighted by molar-refractivity contribution is 7.98. The molecule has 3 rings (SSSR count). The summed E-state index contributed by atoms with van der Waals surface area (Å²) in [6.45, 7) is 0. The van der Waals surface area contributed by atoms with Crippen molar-refractivity contribution in [3.8, 4) is 11.5 Å². The van der Waals surface area contributed by atoms with Crippen LogP contribution >= 0.6 is 34.7 Å². The number of rotatable bonds is 4. The van der Waals surface area contributed by atoms with Crippen molar-refractivity contribution in [3.05, 3.63) is 46.0 Å². The average molecular weight is 310 g/mol. The van der Waals surface area contributed by atoms with Gasteiger partial charge in [0.2, 0.25) is 0 Å². The Morgan fingerprint density at radius 2 is 2.32 bits per heavy atom. The van der Waals surface area contributed by atoms with Gasteiger partial charge in [0.05, 0.1) is 16.3 Å². The van der Waals surface area contributed by atoms with Crippen molar-refractivity contribution in [2.45, 2.75) is 10.8 Å². The van der Waals surface area contributed by atoms with E-state index in [1.165, 1.54) is 11.8 Å². The first-order valence-corrected chi connectivity index (χ1v) is 7.72. The zero-order chi connectivity index (χ0) is 13.1. The van der Waals surface area contributed by atoms with Gasteiger partial charge in [-0.25, -0.2) is 4.98 Å². The number of thiophene rings is 1. The molecule has 4 nitrogen and oxygen atoms in total. The van der Waals surface area contributed by atoms with Crippen molar-refractivity contribution in [2.24, 2.45) is 0 Å². The molecule has 0 N–H and O–H groups in total. The van der Waals surface area contributed by atoms with Crippen molar-refractivity contribution >= 4 is 34.7 Å². The van der Waals surface area contributed by atoms with Crippen LogP contribution in [-0.2, 0) is 5.75 Å². The maximum absolute atomic E-state index is 6.03. The number of halogens is 1. The van der Waals surface area contributed by atoms with Crippen LogP contribution in [0, 0.1) is 0 Å². The molecule has 0 aromatic carbocycles. The Bertz CT molecular complexity index is 669. The normalized spacial score (nSPS) is 10.8. The van der Waals surface area contributed by atoms with Gasteiger partial charge in [0, 0.05) is 11.6 Å². The summed E-state index contributed by atoms with van der Waals surface area (Å²) in [5.41, 5.74) is 0.949. The zero-order valence-electron chi connectivity index (χ0n) is 9.62. The molecule has 0 saturated carbocycles. The van der Waals surface area contributed by atoms with E-state index in [1.54, 1.807) is 23.6 Å². The molecular formula is C12H8ClN3OS2. The Labute approximate surface area is 122 Å². The van der Waals surface area contributed by atoms with Crippen LogP contribution in [0.3, 0.4) is 0 Å². The highest BCUT2D eigenvalue weighted by atomic mass is 35.5. The minimum atomic E-state index is 0.545. The second-order valence-electron chi connectivity index (χ2n) is 3.61. The largest absolute Gasteiger partial charge is 0.334 e. The molecule has 0 spiro atoms. The third-order valence-electron chi connectivity index (χ3n) is 2.30. The number of thioether (sulfide) groups is 1. The first kappa shape index (κ1) is 12.7. The van der Waals surface area contributed by atoms with Crippen LogP contribution in [0.4, 0.5) is 0 Å². The minimum Gasteiger partial charge on any atom is -0.334 e. The summed E-state index contributed by atoms with van der Waals surface area (Å²) in [5, 5.41) is 9.29. The van der Waals surface area contributed by atoms with Crippen molar-refractivity contribution in [2.75, 3.05) is 0 Å². The molecular weight excluding hydrogens is 302 g/mol. The van der Waals surface area contributed by atoms with Crippen molar-refractivity contribution < 1.29 is 4.52 Å². The molecule has 0 radical (unpaired) electrons. The van der Waals surface area contributed by atoms with Crippen LogP contribution in [0.2, 0.25) is 5.02 Å². The van der Waals surface area contributed by atoms with E-state index in [9.17, 15) is 0 Å². The standard InChI is InChI=1S/C12H8ClN3OS2/c13-9-2-1-4-14-12(9)19-7-10-15-11(17-16-10)8-3-5-18-6-8/h1-6H,7H2. The predicted octanol–water partition coefficient (Wildman–Crippen LogP) is 4.14. The molecule has 19 heavy (non-hydrogen) atoms. The highest BCUT2D eigenvalue weighted by Gasteiger charge is 2.10. The van der Waals surface area contributed by atoms with Gasteiger partial charge in [0.25, 0.3) is 5.89 Å². The van der Waals surface area contributed by atoms with Crippen molar-refractivity contribution in [3.63, 3.8) is 0 Å². The topological polar surface area (TPSA) is 51.8 Å². The van der Waals surface area contributed by atoms with Crippen LogP contribution < -0.4 is 0 Å². The van der Waals surface area contributed by atoms with Crippen LogP contribution in [0.1, 0.15) is 5.82 Å². The fourth-order valence-electron chi connectivity index (χ4n) is 1.43. The molecule has 3 heterocycles. The molecule has 0 bridgehead atoms. The van der Waals surface area contributed by atoms with E-state index >= 15 is 0 Å². The molecule has 0 fully saturated rings. The maximum atomic E-state index is 6.03. The quantitative estimate of drug-likeness (QED) is 0.678. The number of nitrogens with zero attached hydrogens (tertiary/aromatic N) is 3. The molecule has 3 aromatic rings. The molecule has 0 amide bonds. The van der Waals surface area contributed by atoms with Gasteiger partial charge < -0.3 is 4.52 Å². The van der Waals surface area contributed by atoms with Gasteiger partial charge in [-0.2, -0.15) is 16.3 Å². The van der Waals surface area contributed by atoms with E-state index in [0.29, 0.717) is 22.5 Å². The van der Waals surface area contributed by atoms with E-state index in [-0.39, 0.29) is 0 Å². The molecule has 0 atom stereocenters. The number of pyridine rings is 1. The molecule has 96 valence electrons. The van der Waals surface area contributed by atoms with E-state index in [0.717, 1.165) is 10.6 Å². The summed E-state index contributed by atoms with van der Waals surface area (Å²) in [4.78, 5) is 8.53. The van der Waals surface area contributed by atoms with E-state index in [2.05, 4.69) is 15.1 Å². The lowest BCUT2D eigenvalue weighted by molar-refractivity contribution is 0.425.